The monoisotopic (exact) mass is 297 g/mol. The zero-order valence-electron chi connectivity index (χ0n) is 11.6. The van der Waals surface area contributed by atoms with Crippen molar-refractivity contribution in [3.63, 3.8) is 0 Å². The molecular formula is C14H19NO4S. The van der Waals surface area contributed by atoms with Gasteiger partial charge in [0.25, 0.3) is 0 Å². The first-order valence-corrected chi connectivity index (χ1v) is 7.36. The van der Waals surface area contributed by atoms with Crippen LogP contribution in [0.5, 0.6) is 5.75 Å². The Kier molecular flexibility index (Phi) is 6.93. The van der Waals surface area contributed by atoms with Crippen molar-refractivity contribution >= 4 is 29.3 Å². The summed E-state index contributed by atoms with van der Waals surface area (Å²) in [6.07, 6.45) is 0.695. The van der Waals surface area contributed by atoms with Crippen molar-refractivity contribution < 1.29 is 19.4 Å². The molecule has 0 aliphatic carbocycles. The van der Waals surface area contributed by atoms with Gasteiger partial charge in [-0.2, -0.15) is 0 Å². The second-order valence-corrected chi connectivity index (χ2v) is 5.65. The van der Waals surface area contributed by atoms with Gasteiger partial charge in [-0.1, -0.05) is 12.1 Å². The normalized spacial score (nSPS) is 11.7. The summed E-state index contributed by atoms with van der Waals surface area (Å²) in [7, 11) is 1.55. The number of benzene rings is 1. The summed E-state index contributed by atoms with van der Waals surface area (Å²) < 4.78 is 5.16. The fraction of sp³-hybridized carbons (Fsp3) is 0.429. The number of rotatable bonds is 8. The number of para-hydroxylation sites is 2. The lowest BCUT2D eigenvalue weighted by molar-refractivity contribution is -0.137. The molecule has 1 rings (SSSR count). The topological polar surface area (TPSA) is 75.6 Å². The predicted octanol–water partition coefficient (Wildman–Crippen LogP) is 2.62. The summed E-state index contributed by atoms with van der Waals surface area (Å²) in [5.41, 5.74) is 0.637. The van der Waals surface area contributed by atoms with E-state index in [-0.39, 0.29) is 17.6 Å². The van der Waals surface area contributed by atoms with Crippen LogP contribution in [0.3, 0.4) is 0 Å². The highest BCUT2D eigenvalue weighted by atomic mass is 32.2. The largest absolute Gasteiger partial charge is 0.495 e. The van der Waals surface area contributed by atoms with E-state index >= 15 is 0 Å². The van der Waals surface area contributed by atoms with Crippen molar-refractivity contribution in [2.75, 3.05) is 18.2 Å². The molecule has 0 aliphatic heterocycles. The van der Waals surface area contributed by atoms with E-state index in [4.69, 9.17) is 9.84 Å². The Morgan fingerprint density at radius 1 is 1.40 bits per heavy atom. The minimum atomic E-state index is -0.809. The molecule has 20 heavy (non-hydrogen) atoms. The molecule has 0 radical (unpaired) electrons. The van der Waals surface area contributed by atoms with Crippen LogP contribution in [0.2, 0.25) is 0 Å². The fourth-order valence-electron chi connectivity index (χ4n) is 1.54. The second kappa shape index (κ2) is 8.47. The van der Waals surface area contributed by atoms with Gasteiger partial charge in [-0.25, -0.2) is 0 Å². The lowest BCUT2D eigenvalue weighted by Crippen LogP contribution is -2.23. The van der Waals surface area contributed by atoms with Crippen LogP contribution in [-0.2, 0) is 9.59 Å². The van der Waals surface area contributed by atoms with Gasteiger partial charge in [0, 0.05) is 6.42 Å². The predicted molar refractivity (Wildman–Crippen MR) is 80.4 cm³/mol. The van der Waals surface area contributed by atoms with E-state index in [1.54, 1.807) is 26.2 Å². The number of carboxylic acid groups (broad SMARTS) is 1. The van der Waals surface area contributed by atoms with Crippen LogP contribution in [0.4, 0.5) is 5.69 Å². The maximum Gasteiger partial charge on any atom is 0.303 e. The van der Waals surface area contributed by atoms with Crippen molar-refractivity contribution in [2.24, 2.45) is 0 Å². The standard InChI is InChI=1S/C14H19NO4S/c1-10(20-9-5-8-13(16)17)14(18)15-11-6-3-4-7-12(11)19-2/h3-4,6-7,10H,5,8-9H2,1-2H3,(H,15,18)(H,16,17). The van der Waals surface area contributed by atoms with Crippen LogP contribution in [0.1, 0.15) is 19.8 Å². The van der Waals surface area contributed by atoms with Crippen LogP contribution in [0.25, 0.3) is 0 Å². The Morgan fingerprint density at radius 3 is 2.75 bits per heavy atom. The molecule has 0 bridgehead atoms. The zero-order chi connectivity index (χ0) is 15.0. The van der Waals surface area contributed by atoms with E-state index in [0.717, 1.165) is 0 Å². The molecule has 0 heterocycles. The number of carbonyl (C=O) groups excluding carboxylic acids is 1. The SMILES string of the molecule is COc1ccccc1NC(=O)C(C)SCCCC(=O)O. The smallest absolute Gasteiger partial charge is 0.303 e. The number of ether oxygens (including phenoxy) is 1. The van der Waals surface area contributed by atoms with E-state index in [9.17, 15) is 9.59 Å². The number of nitrogens with one attached hydrogen (secondary N) is 1. The van der Waals surface area contributed by atoms with Gasteiger partial charge in [0.05, 0.1) is 18.0 Å². The third-order valence-corrected chi connectivity index (χ3v) is 3.88. The molecule has 1 amide bonds. The first kappa shape index (κ1) is 16.4. The van der Waals surface area contributed by atoms with Crippen LogP contribution in [0, 0.1) is 0 Å². The van der Waals surface area contributed by atoms with Gasteiger partial charge in [-0.3, -0.25) is 9.59 Å². The van der Waals surface area contributed by atoms with Gasteiger partial charge in [0.2, 0.25) is 5.91 Å². The third kappa shape index (κ3) is 5.52. The van der Waals surface area contributed by atoms with Crippen molar-refractivity contribution in [2.45, 2.75) is 25.0 Å². The van der Waals surface area contributed by atoms with E-state index in [2.05, 4.69) is 5.32 Å². The molecule has 0 aliphatic rings. The summed E-state index contributed by atoms with van der Waals surface area (Å²) in [6, 6.07) is 7.21. The van der Waals surface area contributed by atoms with E-state index in [0.29, 0.717) is 23.6 Å². The van der Waals surface area contributed by atoms with Crippen LogP contribution < -0.4 is 10.1 Å². The number of anilines is 1. The highest BCUT2D eigenvalue weighted by Gasteiger charge is 2.15. The summed E-state index contributed by atoms with van der Waals surface area (Å²) >= 11 is 1.44. The molecule has 0 saturated heterocycles. The van der Waals surface area contributed by atoms with Gasteiger partial charge in [0.1, 0.15) is 5.75 Å². The first-order chi connectivity index (χ1) is 9.54. The summed E-state index contributed by atoms with van der Waals surface area (Å²) in [5, 5.41) is 11.1. The molecular weight excluding hydrogens is 278 g/mol. The number of methoxy groups -OCH3 is 1. The molecule has 0 spiro atoms. The van der Waals surface area contributed by atoms with Gasteiger partial charge >= 0.3 is 5.97 Å². The zero-order valence-corrected chi connectivity index (χ0v) is 12.4. The van der Waals surface area contributed by atoms with Crippen molar-refractivity contribution in [1.82, 2.24) is 0 Å². The van der Waals surface area contributed by atoms with Crippen molar-refractivity contribution in [3.8, 4) is 5.75 Å². The van der Waals surface area contributed by atoms with E-state index in [1.807, 2.05) is 12.1 Å². The Labute approximate surface area is 122 Å². The minimum Gasteiger partial charge on any atom is -0.495 e. The number of hydrogen-bond donors (Lipinski definition) is 2. The fourth-order valence-corrected chi connectivity index (χ4v) is 2.42. The molecule has 0 saturated carbocycles. The Bertz CT molecular complexity index is 464. The Hall–Kier alpha value is -1.69. The third-order valence-electron chi connectivity index (χ3n) is 2.64. The maximum absolute atomic E-state index is 12.0. The lowest BCUT2D eigenvalue weighted by atomic mass is 10.3. The first-order valence-electron chi connectivity index (χ1n) is 6.32. The summed E-state index contributed by atoms with van der Waals surface area (Å²) in [6.45, 7) is 1.80. The van der Waals surface area contributed by atoms with Gasteiger partial charge < -0.3 is 15.2 Å². The number of hydrogen-bond acceptors (Lipinski definition) is 4. The molecule has 1 atom stereocenters. The molecule has 0 fully saturated rings. The number of amides is 1. The molecule has 110 valence electrons. The number of carbonyl (C=O) groups is 2. The Morgan fingerprint density at radius 2 is 2.10 bits per heavy atom. The van der Waals surface area contributed by atoms with Crippen LogP contribution in [-0.4, -0.2) is 35.1 Å². The van der Waals surface area contributed by atoms with E-state index < -0.39 is 5.97 Å². The number of carboxylic acids is 1. The number of aliphatic carboxylic acids is 1. The summed E-state index contributed by atoms with van der Waals surface area (Å²) in [5.74, 6) is 0.336. The average Bonchev–Trinajstić information content (AvgIpc) is 2.43. The number of thioether (sulfide) groups is 1. The minimum absolute atomic E-state index is 0.116. The maximum atomic E-state index is 12.0. The lowest BCUT2D eigenvalue weighted by Gasteiger charge is -2.13. The van der Waals surface area contributed by atoms with Crippen molar-refractivity contribution in [1.29, 1.82) is 0 Å². The molecule has 6 heteroatoms. The Balaban J connectivity index is 2.43. The van der Waals surface area contributed by atoms with Crippen LogP contribution in [0.15, 0.2) is 24.3 Å². The van der Waals surface area contributed by atoms with Gasteiger partial charge in [-0.05, 0) is 31.2 Å². The van der Waals surface area contributed by atoms with E-state index in [1.165, 1.54) is 11.8 Å². The highest BCUT2D eigenvalue weighted by Crippen LogP contribution is 2.24. The summed E-state index contributed by atoms with van der Waals surface area (Å²) in [4.78, 5) is 22.4. The molecule has 1 aromatic carbocycles. The van der Waals surface area contributed by atoms with Crippen molar-refractivity contribution in [3.05, 3.63) is 24.3 Å². The molecule has 2 N–H and O–H groups in total. The second-order valence-electron chi connectivity index (χ2n) is 4.20. The molecule has 1 aromatic rings. The van der Waals surface area contributed by atoms with Gasteiger partial charge in [0.15, 0.2) is 0 Å². The molecule has 1 unspecified atom stereocenters. The molecule has 5 nitrogen and oxygen atoms in total. The highest BCUT2D eigenvalue weighted by molar-refractivity contribution is 8.00. The van der Waals surface area contributed by atoms with Crippen LogP contribution >= 0.6 is 11.8 Å². The molecule has 0 aromatic heterocycles. The van der Waals surface area contributed by atoms with Gasteiger partial charge in [-0.15, -0.1) is 11.8 Å². The average molecular weight is 297 g/mol. The quantitative estimate of drug-likeness (QED) is 0.721.